The molecule has 1 rings (SSSR count). The molecule has 16 heavy (non-hydrogen) atoms. The van der Waals surface area contributed by atoms with E-state index in [1.807, 2.05) is 0 Å². The Morgan fingerprint density at radius 2 is 2.19 bits per heavy atom. The van der Waals surface area contributed by atoms with Crippen LogP contribution < -0.4 is 11.2 Å². The first-order valence-corrected chi connectivity index (χ1v) is 4.76. The Morgan fingerprint density at radius 3 is 2.75 bits per heavy atom. The van der Waals surface area contributed by atoms with Crippen molar-refractivity contribution in [2.75, 3.05) is 0 Å². The molecule has 0 saturated carbocycles. The lowest BCUT2D eigenvalue weighted by atomic mass is 10.1. The molecule has 0 aromatic heterocycles. The van der Waals surface area contributed by atoms with E-state index in [9.17, 15) is 10.1 Å². The van der Waals surface area contributed by atoms with Crippen LogP contribution >= 0.6 is 12.2 Å². The van der Waals surface area contributed by atoms with Crippen molar-refractivity contribution in [1.29, 1.82) is 0 Å². The first-order valence-electron chi connectivity index (χ1n) is 4.36. The van der Waals surface area contributed by atoms with Crippen LogP contribution in [0.25, 0.3) is 0 Å². The molecule has 0 aliphatic carbocycles. The monoisotopic (exact) mass is 238 g/mol. The van der Waals surface area contributed by atoms with Crippen molar-refractivity contribution in [3.05, 3.63) is 39.9 Å². The normalized spacial score (nSPS) is 10.9. The van der Waals surface area contributed by atoms with Gasteiger partial charge in [0, 0.05) is 6.07 Å². The number of hydrazone groups is 1. The minimum atomic E-state index is -0.463. The van der Waals surface area contributed by atoms with E-state index in [1.54, 1.807) is 25.1 Å². The van der Waals surface area contributed by atoms with Gasteiger partial charge in [-0.15, -0.1) is 0 Å². The van der Waals surface area contributed by atoms with Gasteiger partial charge in [-0.1, -0.05) is 12.1 Å². The second-order valence-corrected chi connectivity index (χ2v) is 3.39. The van der Waals surface area contributed by atoms with Crippen LogP contribution in [0, 0.1) is 10.1 Å². The summed E-state index contributed by atoms with van der Waals surface area (Å²) < 4.78 is 0. The first-order chi connectivity index (χ1) is 7.52. The van der Waals surface area contributed by atoms with Crippen LogP contribution in [0.4, 0.5) is 5.69 Å². The zero-order valence-corrected chi connectivity index (χ0v) is 9.32. The molecule has 0 heterocycles. The average molecular weight is 238 g/mol. The fourth-order valence-corrected chi connectivity index (χ4v) is 1.18. The summed E-state index contributed by atoms with van der Waals surface area (Å²) in [6.45, 7) is 1.63. The molecule has 0 aliphatic rings. The maximum absolute atomic E-state index is 10.7. The van der Waals surface area contributed by atoms with E-state index in [4.69, 9.17) is 5.73 Å². The van der Waals surface area contributed by atoms with Crippen molar-refractivity contribution < 1.29 is 4.92 Å². The summed E-state index contributed by atoms with van der Waals surface area (Å²) in [4.78, 5) is 10.3. The summed E-state index contributed by atoms with van der Waals surface area (Å²) in [5.41, 5.74) is 8.45. The van der Waals surface area contributed by atoms with Gasteiger partial charge in [0.05, 0.1) is 16.2 Å². The minimum absolute atomic E-state index is 0.00603. The topological polar surface area (TPSA) is 93.5 Å². The van der Waals surface area contributed by atoms with E-state index < -0.39 is 4.92 Å². The highest BCUT2D eigenvalue weighted by Gasteiger charge is 2.14. The van der Waals surface area contributed by atoms with Crippen LogP contribution in [0.3, 0.4) is 0 Å². The third kappa shape index (κ3) is 2.99. The highest BCUT2D eigenvalue weighted by Crippen LogP contribution is 2.18. The number of nitrogens with one attached hydrogen (secondary N) is 1. The van der Waals surface area contributed by atoms with Crippen molar-refractivity contribution in [2.24, 2.45) is 10.8 Å². The van der Waals surface area contributed by atoms with Gasteiger partial charge >= 0.3 is 0 Å². The third-order valence-corrected chi connectivity index (χ3v) is 1.92. The molecule has 0 atom stereocenters. The molecule has 0 aliphatic heterocycles. The van der Waals surface area contributed by atoms with E-state index >= 15 is 0 Å². The molecule has 7 heteroatoms. The zero-order chi connectivity index (χ0) is 12.1. The highest BCUT2D eigenvalue weighted by atomic mass is 32.1. The molecule has 0 fully saturated rings. The number of hydrogen-bond donors (Lipinski definition) is 2. The number of benzene rings is 1. The lowest BCUT2D eigenvalue weighted by molar-refractivity contribution is -0.385. The van der Waals surface area contributed by atoms with Gasteiger partial charge in [0.25, 0.3) is 5.69 Å². The standard InChI is InChI=1S/C9H10N4O2S/c1-6(11-12-9(10)16)7-4-2-3-5-8(7)13(14)15/h2-5H,1H3,(H3,10,12,16)/b11-6+. The number of para-hydroxylation sites is 1. The molecule has 6 nitrogen and oxygen atoms in total. The summed E-state index contributed by atoms with van der Waals surface area (Å²) in [5.74, 6) is 0. The Labute approximate surface area is 97.3 Å². The molecule has 0 saturated heterocycles. The molecule has 0 unspecified atom stereocenters. The molecular formula is C9H10N4O2S. The Balaban J connectivity index is 3.07. The Morgan fingerprint density at radius 1 is 1.56 bits per heavy atom. The molecule has 84 valence electrons. The summed E-state index contributed by atoms with van der Waals surface area (Å²) >= 11 is 4.57. The predicted octanol–water partition coefficient (Wildman–Crippen LogP) is 1.15. The number of nitro groups is 1. The number of nitrogens with two attached hydrogens (primary N) is 1. The van der Waals surface area contributed by atoms with Gasteiger partial charge in [-0.2, -0.15) is 5.10 Å². The summed E-state index contributed by atoms with van der Waals surface area (Å²) in [7, 11) is 0. The van der Waals surface area contributed by atoms with Crippen LogP contribution in [-0.4, -0.2) is 15.7 Å². The van der Waals surface area contributed by atoms with Gasteiger partial charge in [-0.3, -0.25) is 15.5 Å². The molecule has 1 aromatic rings. The minimum Gasteiger partial charge on any atom is -0.375 e. The van der Waals surface area contributed by atoms with E-state index in [-0.39, 0.29) is 10.8 Å². The van der Waals surface area contributed by atoms with Crippen LogP contribution in [0.15, 0.2) is 29.4 Å². The van der Waals surface area contributed by atoms with Gasteiger partial charge in [0.2, 0.25) is 0 Å². The number of thiocarbonyl (C=S) groups is 1. The molecule has 0 amide bonds. The van der Waals surface area contributed by atoms with Crippen molar-refractivity contribution in [1.82, 2.24) is 5.43 Å². The second-order valence-electron chi connectivity index (χ2n) is 2.95. The molecule has 3 N–H and O–H groups in total. The van der Waals surface area contributed by atoms with E-state index in [1.165, 1.54) is 6.07 Å². The largest absolute Gasteiger partial charge is 0.375 e. The maximum Gasteiger partial charge on any atom is 0.278 e. The molecule has 0 radical (unpaired) electrons. The van der Waals surface area contributed by atoms with Crippen LogP contribution in [0.1, 0.15) is 12.5 Å². The summed E-state index contributed by atoms with van der Waals surface area (Å²) in [6.07, 6.45) is 0. The van der Waals surface area contributed by atoms with Crippen LogP contribution in [0.2, 0.25) is 0 Å². The summed E-state index contributed by atoms with van der Waals surface area (Å²) in [6, 6.07) is 6.31. The van der Waals surface area contributed by atoms with Gasteiger partial charge in [-0.25, -0.2) is 0 Å². The highest BCUT2D eigenvalue weighted by molar-refractivity contribution is 7.80. The zero-order valence-electron chi connectivity index (χ0n) is 8.51. The number of nitro benzene ring substituents is 1. The SMILES string of the molecule is C/C(=N\NC(N)=S)c1ccccc1[N+](=O)[O-]. The fraction of sp³-hybridized carbons (Fsp3) is 0.111. The Hall–Kier alpha value is -2.02. The first kappa shape index (κ1) is 12.1. The number of nitrogens with zero attached hydrogens (tertiary/aromatic N) is 2. The van der Waals surface area contributed by atoms with Gasteiger partial charge in [0.1, 0.15) is 0 Å². The molecule has 0 bridgehead atoms. The lowest BCUT2D eigenvalue weighted by Crippen LogP contribution is -2.25. The van der Waals surface area contributed by atoms with Gasteiger partial charge in [0.15, 0.2) is 5.11 Å². The smallest absolute Gasteiger partial charge is 0.278 e. The number of hydrogen-bond acceptors (Lipinski definition) is 4. The fourth-order valence-electron chi connectivity index (χ4n) is 1.14. The number of rotatable bonds is 3. The van der Waals surface area contributed by atoms with Gasteiger partial charge < -0.3 is 5.73 Å². The lowest BCUT2D eigenvalue weighted by Gasteiger charge is -2.02. The Bertz CT molecular complexity index is 459. The van der Waals surface area contributed by atoms with E-state index in [0.29, 0.717) is 11.3 Å². The quantitative estimate of drug-likeness (QED) is 0.356. The molecule has 1 aromatic carbocycles. The average Bonchev–Trinajstić information content (AvgIpc) is 2.25. The second kappa shape index (κ2) is 5.17. The molecular weight excluding hydrogens is 228 g/mol. The maximum atomic E-state index is 10.7. The van der Waals surface area contributed by atoms with E-state index in [0.717, 1.165) is 0 Å². The van der Waals surface area contributed by atoms with Crippen molar-refractivity contribution >= 4 is 28.7 Å². The predicted molar refractivity (Wildman–Crippen MR) is 65.2 cm³/mol. The third-order valence-electron chi connectivity index (χ3n) is 1.82. The van der Waals surface area contributed by atoms with Crippen LogP contribution in [-0.2, 0) is 0 Å². The van der Waals surface area contributed by atoms with Crippen molar-refractivity contribution in [2.45, 2.75) is 6.92 Å². The summed E-state index contributed by atoms with van der Waals surface area (Å²) in [5, 5.41) is 14.6. The van der Waals surface area contributed by atoms with Gasteiger partial charge in [-0.05, 0) is 25.2 Å². The van der Waals surface area contributed by atoms with Crippen molar-refractivity contribution in [3.63, 3.8) is 0 Å². The van der Waals surface area contributed by atoms with Crippen molar-refractivity contribution in [3.8, 4) is 0 Å². The Kier molecular flexibility index (Phi) is 3.90. The molecule has 0 spiro atoms. The van der Waals surface area contributed by atoms with E-state index in [2.05, 4.69) is 22.7 Å². The van der Waals surface area contributed by atoms with Crippen LogP contribution in [0.5, 0.6) is 0 Å².